The van der Waals surface area contributed by atoms with Crippen LogP contribution in [0.1, 0.15) is 41.0 Å². The lowest BCUT2D eigenvalue weighted by atomic mass is 9.89. The van der Waals surface area contributed by atoms with Crippen LogP contribution in [0.25, 0.3) is 0 Å². The average Bonchev–Trinajstić information content (AvgIpc) is 2.09. The molecule has 0 heterocycles. The molecule has 0 bridgehead atoms. The van der Waals surface area contributed by atoms with Gasteiger partial charge in [-0.1, -0.05) is 39.5 Å². The van der Waals surface area contributed by atoms with Gasteiger partial charge in [0.15, 0.2) is 5.12 Å². The van der Waals surface area contributed by atoms with Crippen molar-refractivity contribution in [3.05, 3.63) is 0 Å². The van der Waals surface area contributed by atoms with Crippen molar-refractivity contribution in [1.29, 1.82) is 0 Å². The predicted octanol–water partition coefficient (Wildman–Crippen LogP) is 3.04. The molecule has 0 amide bonds. The predicted molar refractivity (Wildman–Crippen MR) is 67.5 cm³/mol. The highest BCUT2D eigenvalue weighted by atomic mass is 32.2. The molecule has 1 unspecified atom stereocenters. The molecule has 0 aromatic rings. The molecule has 0 aromatic carbocycles. The van der Waals surface area contributed by atoms with Crippen LogP contribution in [-0.2, 0) is 9.59 Å². The molecule has 4 heteroatoms. The molecular formula is C12H22O3S. The first-order valence-corrected chi connectivity index (χ1v) is 6.53. The van der Waals surface area contributed by atoms with Gasteiger partial charge in [0.25, 0.3) is 0 Å². The van der Waals surface area contributed by atoms with Gasteiger partial charge in [0.05, 0.1) is 5.92 Å². The Balaban J connectivity index is 4.79. The lowest BCUT2D eigenvalue weighted by Gasteiger charge is -2.26. The Hall–Kier alpha value is -0.510. The number of hydrogen-bond donors (Lipinski definition) is 1. The first kappa shape index (κ1) is 15.5. The minimum absolute atomic E-state index is 0.00583. The van der Waals surface area contributed by atoms with Crippen LogP contribution in [-0.4, -0.2) is 21.4 Å². The van der Waals surface area contributed by atoms with E-state index in [1.165, 1.54) is 18.7 Å². The lowest BCUT2D eigenvalue weighted by molar-refractivity contribution is -0.142. The van der Waals surface area contributed by atoms with Crippen LogP contribution in [0.15, 0.2) is 0 Å². The second-order valence-corrected chi connectivity index (χ2v) is 6.25. The van der Waals surface area contributed by atoms with E-state index in [2.05, 4.69) is 0 Å². The Morgan fingerprint density at radius 3 is 1.94 bits per heavy atom. The second-order valence-electron chi connectivity index (χ2n) is 4.89. The summed E-state index contributed by atoms with van der Waals surface area (Å²) in [6.45, 7) is 9.44. The van der Waals surface area contributed by atoms with Gasteiger partial charge in [0.1, 0.15) is 0 Å². The number of aliphatic carboxylic acids is 1. The van der Waals surface area contributed by atoms with Gasteiger partial charge < -0.3 is 5.11 Å². The summed E-state index contributed by atoms with van der Waals surface area (Å²) in [5.74, 6) is -0.710. The number of hydrogen-bond acceptors (Lipinski definition) is 3. The fraction of sp³-hybridized carbons (Fsp3) is 0.833. The quantitative estimate of drug-likeness (QED) is 0.782. The molecule has 1 N–H and O–H groups in total. The Morgan fingerprint density at radius 2 is 1.69 bits per heavy atom. The van der Waals surface area contributed by atoms with Crippen molar-refractivity contribution < 1.29 is 14.7 Å². The fourth-order valence-electron chi connectivity index (χ4n) is 1.76. The number of carbonyl (C=O) groups excluding carboxylic acids is 1. The lowest BCUT2D eigenvalue weighted by Crippen LogP contribution is -2.32. The minimum atomic E-state index is -0.791. The summed E-state index contributed by atoms with van der Waals surface area (Å²) >= 11 is 1.17. The average molecular weight is 246 g/mol. The van der Waals surface area contributed by atoms with Gasteiger partial charge in [0.2, 0.25) is 0 Å². The van der Waals surface area contributed by atoms with Crippen LogP contribution in [0.5, 0.6) is 0 Å². The molecule has 0 saturated carbocycles. The Kier molecular flexibility index (Phi) is 6.72. The van der Waals surface area contributed by atoms with Crippen molar-refractivity contribution in [2.45, 2.75) is 46.3 Å². The highest BCUT2D eigenvalue weighted by molar-refractivity contribution is 8.14. The Morgan fingerprint density at radius 1 is 1.19 bits per heavy atom. The number of rotatable bonds is 6. The molecular weight excluding hydrogens is 224 g/mol. The second kappa shape index (κ2) is 6.94. The number of carboxylic acid groups (broad SMARTS) is 1. The smallest absolute Gasteiger partial charge is 0.307 e. The summed E-state index contributed by atoms with van der Waals surface area (Å²) in [4.78, 5) is 22.4. The van der Waals surface area contributed by atoms with Crippen LogP contribution < -0.4 is 0 Å². The van der Waals surface area contributed by atoms with E-state index in [0.29, 0.717) is 12.3 Å². The normalized spacial score (nSPS) is 15.2. The molecule has 0 saturated heterocycles. The number of thioether (sulfide) groups is 1. The SMILES string of the molecule is CC(=O)S[C@@H](C(C)C)C(CC(C)C)C(=O)O. The zero-order valence-corrected chi connectivity index (χ0v) is 11.5. The van der Waals surface area contributed by atoms with Gasteiger partial charge in [-0.15, -0.1) is 0 Å². The maximum absolute atomic E-state index is 11.2. The molecule has 94 valence electrons. The van der Waals surface area contributed by atoms with E-state index in [0.717, 1.165) is 0 Å². The first-order valence-electron chi connectivity index (χ1n) is 5.65. The maximum Gasteiger partial charge on any atom is 0.307 e. The summed E-state index contributed by atoms with van der Waals surface area (Å²) in [6, 6.07) is 0. The molecule has 0 aliphatic carbocycles. The number of carboxylic acids is 1. The van der Waals surface area contributed by atoms with E-state index in [1.807, 2.05) is 27.7 Å². The molecule has 0 spiro atoms. The largest absolute Gasteiger partial charge is 0.481 e. The molecule has 2 atom stereocenters. The summed E-state index contributed by atoms with van der Waals surface area (Å²) in [7, 11) is 0. The van der Waals surface area contributed by atoms with Gasteiger partial charge in [-0.05, 0) is 18.3 Å². The van der Waals surface area contributed by atoms with Gasteiger partial charge in [-0.3, -0.25) is 9.59 Å². The third-order valence-electron chi connectivity index (χ3n) is 2.40. The molecule has 3 nitrogen and oxygen atoms in total. The van der Waals surface area contributed by atoms with Crippen molar-refractivity contribution in [2.24, 2.45) is 17.8 Å². The van der Waals surface area contributed by atoms with Crippen molar-refractivity contribution >= 4 is 22.8 Å². The first-order chi connectivity index (χ1) is 7.25. The molecule has 16 heavy (non-hydrogen) atoms. The third-order valence-corrected chi connectivity index (χ3v) is 3.88. The van der Waals surface area contributed by atoms with Crippen LogP contribution >= 0.6 is 11.8 Å². The monoisotopic (exact) mass is 246 g/mol. The van der Waals surface area contributed by atoms with E-state index >= 15 is 0 Å². The van der Waals surface area contributed by atoms with Crippen molar-refractivity contribution in [1.82, 2.24) is 0 Å². The van der Waals surface area contributed by atoms with Gasteiger partial charge in [-0.2, -0.15) is 0 Å². The van der Waals surface area contributed by atoms with Crippen LogP contribution in [0, 0.1) is 17.8 Å². The standard InChI is InChI=1S/C12H22O3S/c1-7(2)6-10(12(14)15)11(8(3)4)16-9(5)13/h7-8,10-11H,6H2,1-5H3,(H,14,15)/t10?,11-/m0/s1. The summed E-state index contributed by atoms with van der Waals surface area (Å²) in [6.07, 6.45) is 0.623. The van der Waals surface area contributed by atoms with E-state index in [1.54, 1.807) is 0 Å². The van der Waals surface area contributed by atoms with Gasteiger partial charge >= 0.3 is 5.97 Å². The van der Waals surface area contributed by atoms with Crippen molar-refractivity contribution in [2.75, 3.05) is 0 Å². The number of carbonyl (C=O) groups is 2. The van der Waals surface area contributed by atoms with Crippen molar-refractivity contribution in [3.63, 3.8) is 0 Å². The zero-order valence-electron chi connectivity index (χ0n) is 10.7. The van der Waals surface area contributed by atoms with E-state index in [4.69, 9.17) is 0 Å². The summed E-state index contributed by atoms with van der Waals surface area (Å²) in [5.41, 5.74) is 0. The van der Waals surface area contributed by atoms with Crippen LogP contribution in [0.2, 0.25) is 0 Å². The molecule has 0 aliphatic rings. The Bertz CT molecular complexity index is 249. The molecule has 0 fully saturated rings. The van der Waals surface area contributed by atoms with Gasteiger partial charge in [-0.25, -0.2) is 0 Å². The van der Waals surface area contributed by atoms with E-state index in [-0.39, 0.29) is 16.3 Å². The molecule has 0 radical (unpaired) electrons. The highest BCUT2D eigenvalue weighted by Crippen LogP contribution is 2.31. The molecule has 0 aliphatic heterocycles. The maximum atomic E-state index is 11.2. The zero-order chi connectivity index (χ0) is 12.9. The Labute approximate surface area is 102 Å². The molecule has 0 rings (SSSR count). The van der Waals surface area contributed by atoms with Crippen molar-refractivity contribution in [3.8, 4) is 0 Å². The minimum Gasteiger partial charge on any atom is -0.481 e. The summed E-state index contributed by atoms with van der Waals surface area (Å²) < 4.78 is 0. The van der Waals surface area contributed by atoms with E-state index < -0.39 is 11.9 Å². The topological polar surface area (TPSA) is 54.4 Å². The van der Waals surface area contributed by atoms with Crippen LogP contribution in [0.3, 0.4) is 0 Å². The third kappa shape index (κ3) is 5.54. The highest BCUT2D eigenvalue weighted by Gasteiger charge is 2.32. The summed E-state index contributed by atoms with van der Waals surface area (Å²) in [5, 5.41) is 9.10. The fourth-order valence-corrected chi connectivity index (χ4v) is 2.81. The van der Waals surface area contributed by atoms with Crippen LogP contribution in [0.4, 0.5) is 0 Å². The van der Waals surface area contributed by atoms with Gasteiger partial charge in [0, 0.05) is 12.2 Å². The molecule has 0 aromatic heterocycles. The van der Waals surface area contributed by atoms with E-state index in [9.17, 15) is 14.7 Å².